The van der Waals surface area contributed by atoms with E-state index in [9.17, 15) is 9.59 Å². The van der Waals surface area contributed by atoms with E-state index in [2.05, 4.69) is 10.3 Å². The predicted octanol–water partition coefficient (Wildman–Crippen LogP) is 3.01. The molecule has 2 saturated carbocycles. The first-order chi connectivity index (χ1) is 13.6. The summed E-state index contributed by atoms with van der Waals surface area (Å²) in [5, 5.41) is 3.33. The highest BCUT2D eigenvalue weighted by Gasteiger charge is 2.56. The van der Waals surface area contributed by atoms with Gasteiger partial charge in [-0.05, 0) is 89.1 Å². The predicted molar refractivity (Wildman–Crippen MR) is 106 cm³/mol. The molecule has 154 valence electrons. The minimum Gasteiger partial charge on any atom is -0.466 e. The van der Waals surface area contributed by atoms with Crippen LogP contribution in [-0.2, 0) is 24.5 Å². The van der Waals surface area contributed by atoms with Crippen molar-refractivity contribution in [2.24, 2.45) is 11.3 Å². The third kappa shape index (κ3) is 4.37. The van der Waals surface area contributed by atoms with E-state index in [0.717, 1.165) is 57.2 Å². The lowest BCUT2D eigenvalue weighted by Gasteiger charge is -2.29. The summed E-state index contributed by atoms with van der Waals surface area (Å²) in [6, 6.07) is 3.79. The Bertz CT molecular complexity index is 662. The van der Waals surface area contributed by atoms with E-state index in [-0.39, 0.29) is 22.8 Å². The van der Waals surface area contributed by atoms with Gasteiger partial charge >= 0.3 is 11.9 Å². The number of ether oxygens (including phenoxy) is 2. The molecule has 0 atom stereocenters. The second-order valence-corrected chi connectivity index (χ2v) is 7.94. The van der Waals surface area contributed by atoms with Gasteiger partial charge in [0.1, 0.15) is 0 Å². The lowest BCUT2D eigenvalue weighted by atomic mass is 9.82. The Morgan fingerprint density at radius 3 is 2.07 bits per heavy atom. The second kappa shape index (κ2) is 9.03. The van der Waals surface area contributed by atoms with Crippen LogP contribution < -0.4 is 5.32 Å². The molecule has 2 heterocycles. The molecule has 0 spiro atoms. The maximum absolute atomic E-state index is 11.8. The molecule has 1 aromatic rings. The zero-order valence-corrected chi connectivity index (χ0v) is 17.0. The molecule has 0 radical (unpaired) electrons. The molecule has 2 aliphatic carbocycles. The zero-order valence-electron chi connectivity index (χ0n) is 17.0. The van der Waals surface area contributed by atoms with E-state index in [1.54, 1.807) is 12.4 Å². The summed E-state index contributed by atoms with van der Waals surface area (Å²) in [5.74, 6) is 0.543. The first-order valence-electron chi connectivity index (χ1n) is 10.5. The smallest absolute Gasteiger partial charge is 0.316 e. The zero-order chi connectivity index (χ0) is 20.0. The van der Waals surface area contributed by atoms with Crippen molar-refractivity contribution in [3.8, 4) is 0 Å². The third-order valence-electron chi connectivity index (χ3n) is 6.24. The fraction of sp³-hybridized carbons (Fsp3) is 0.682. The van der Waals surface area contributed by atoms with Gasteiger partial charge in [0.05, 0.1) is 24.0 Å². The van der Waals surface area contributed by atoms with Crippen LogP contribution >= 0.6 is 0 Å². The summed E-state index contributed by atoms with van der Waals surface area (Å²) >= 11 is 0. The van der Waals surface area contributed by atoms with Crippen LogP contribution in [0.2, 0.25) is 0 Å². The van der Waals surface area contributed by atoms with Crippen molar-refractivity contribution in [2.75, 3.05) is 26.3 Å². The fourth-order valence-corrected chi connectivity index (χ4v) is 4.24. The lowest BCUT2D eigenvalue weighted by Crippen LogP contribution is -2.36. The molecule has 1 aliphatic heterocycles. The molecule has 6 nitrogen and oxygen atoms in total. The first-order valence-corrected chi connectivity index (χ1v) is 10.5. The molecule has 6 heteroatoms. The lowest BCUT2D eigenvalue weighted by molar-refractivity contribution is -0.152. The van der Waals surface area contributed by atoms with Gasteiger partial charge in [0.2, 0.25) is 0 Å². The second-order valence-electron chi connectivity index (χ2n) is 7.94. The standard InChI is InChI=1S/C11H19NO2.C11H13NO2/c2*1-2-14-10(13)11(5-6-11)9-3-7-12-8-4-9/h9,12H,2-8H2,1H3;3-4,7-8H,2,5-6H2,1H3. The summed E-state index contributed by atoms with van der Waals surface area (Å²) in [6.07, 6.45) is 9.61. The Kier molecular flexibility index (Phi) is 6.70. The molecule has 1 aromatic heterocycles. The van der Waals surface area contributed by atoms with Gasteiger partial charge in [-0.1, -0.05) is 0 Å². The van der Waals surface area contributed by atoms with Gasteiger partial charge in [-0.25, -0.2) is 0 Å². The quantitative estimate of drug-likeness (QED) is 0.755. The number of carbonyl (C=O) groups excluding carboxylic acids is 2. The minimum atomic E-state index is -0.348. The average molecular weight is 389 g/mol. The maximum atomic E-state index is 11.8. The summed E-state index contributed by atoms with van der Waals surface area (Å²) in [7, 11) is 0. The van der Waals surface area contributed by atoms with Crippen LogP contribution in [0.15, 0.2) is 24.5 Å². The number of nitrogens with one attached hydrogen (secondary N) is 1. The number of aromatic nitrogens is 1. The molecule has 3 aliphatic rings. The number of carbonyl (C=O) groups is 2. The number of hydrogen-bond acceptors (Lipinski definition) is 6. The average Bonchev–Trinajstić information content (AvgIpc) is 3.65. The minimum absolute atomic E-state index is 0.0619. The Morgan fingerprint density at radius 2 is 1.57 bits per heavy atom. The van der Waals surface area contributed by atoms with Gasteiger partial charge < -0.3 is 14.8 Å². The van der Waals surface area contributed by atoms with Gasteiger partial charge in [-0.2, -0.15) is 0 Å². The third-order valence-corrected chi connectivity index (χ3v) is 6.24. The molecule has 0 unspecified atom stereocenters. The number of pyridine rings is 1. The Morgan fingerprint density at radius 1 is 1.00 bits per heavy atom. The van der Waals surface area contributed by atoms with E-state index in [4.69, 9.17) is 9.47 Å². The van der Waals surface area contributed by atoms with Gasteiger partial charge in [-0.15, -0.1) is 0 Å². The molecular weight excluding hydrogens is 356 g/mol. The number of nitrogens with zero attached hydrogens (tertiary/aromatic N) is 1. The molecule has 0 aromatic carbocycles. The first kappa shape index (κ1) is 20.8. The normalized spacial score (nSPS) is 21.6. The van der Waals surface area contributed by atoms with Crippen molar-refractivity contribution >= 4 is 11.9 Å². The Labute approximate surface area is 167 Å². The van der Waals surface area contributed by atoms with Crippen LogP contribution in [0.4, 0.5) is 0 Å². The van der Waals surface area contributed by atoms with E-state index in [0.29, 0.717) is 19.1 Å². The van der Waals surface area contributed by atoms with Crippen molar-refractivity contribution in [1.82, 2.24) is 10.3 Å². The Balaban J connectivity index is 0.000000161. The number of piperidine rings is 1. The van der Waals surface area contributed by atoms with Crippen LogP contribution in [0.5, 0.6) is 0 Å². The molecule has 28 heavy (non-hydrogen) atoms. The summed E-state index contributed by atoms with van der Waals surface area (Å²) < 4.78 is 10.2. The van der Waals surface area contributed by atoms with Crippen molar-refractivity contribution in [3.05, 3.63) is 30.1 Å². The van der Waals surface area contributed by atoms with Crippen molar-refractivity contribution in [2.45, 2.75) is 57.8 Å². The number of rotatable bonds is 6. The molecule has 1 N–H and O–H groups in total. The molecule has 4 rings (SSSR count). The van der Waals surface area contributed by atoms with E-state index < -0.39 is 0 Å². The molecular formula is C22H32N2O4. The number of hydrogen-bond donors (Lipinski definition) is 1. The Hall–Kier alpha value is -1.95. The van der Waals surface area contributed by atoms with Crippen LogP contribution in [0.3, 0.4) is 0 Å². The molecule has 1 saturated heterocycles. The van der Waals surface area contributed by atoms with Crippen LogP contribution in [0, 0.1) is 11.3 Å². The highest BCUT2D eigenvalue weighted by molar-refractivity contribution is 5.86. The van der Waals surface area contributed by atoms with Crippen molar-refractivity contribution in [1.29, 1.82) is 0 Å². The van der Waals surface area contributed by atoms with Crippen molar-refractivity contribution < 1.29 is 19.1 Å². The fourth-order valence-electron chi connectivity index (χ4n) is 4.24. The summed E-state index contributed by atoms with van der Waals surface area (Å²) in [6.45, 7) is 6.81. The molecule has 3 fully saturated rings. The molecule has 0 amide bonds. The van der Waals surface area contributed by atoms with Gasteiger partial charge in [0.25, 0.3) is 0 Å². The molecule has 0 bridgehead atoms. The van der Waals surface area contributed by atoms with Crippen molar-refractivity contribution in [3.63, 3.8) is 0 Å². The van der Waals surface area contributed by atoms with Crippen LogP contribution in [0.25, 0.3) is 0 Å². The summed E-state index contributed by atoms with van der Waals surface area (Å²) in [5.41, 5.74) is 0.614. The highest BCUT2D eigenvalue weighted by atomic mass is 16.5. The topological polar surface area (TPSA) is 77.5 Å². The maximum Gasteiger partial charge on any atom is 0.316 e. The monoisotopic (exact) mass is 388 g/mol. The van der Waals surface area contributed by atoms with E-state index >= 15 is 0 Å². The van der Waals surface area contributed by atoms with Crippen LogP contribution in [-0.4, -0.2) is 43.2 Å². The van der Waals surface area contributed by atoms with Gasteiger partial charge in [0.15, 0.2) is 0 Å². The number of esters is 2. The van der Waals surface area contributed by atoms with E-state index in [1.807, 2.05) is 26.0 Å². The van der Waals surface area contributed by atoms with E-state index in [1.165, 1.54) is 0 Å². The van der Waals surface area contributed by atoms with Gasteiger partial charge in [-0.3, -0.25) is 14.6 Å². The van der Waals surface area contributed by atoms with Crippen LogP contribution in [0.1, 0.15) is 57.9 Å². The SMILES string of the molecule is CCOC(=O)C1(C2CCNCC2)CC1.CCOC(=O)C1(c2ccncc2)CC1. The highest BCUT2D eigenvalue weighted by Crippen LogP contribution is 2.55. The van der Waals surface area contributed by atoms with Gasteiger partial charge in [0, 0.05) is 12.4 Å². The largest absolute Gasteiger partial charge is 0.466 e. The summed E-state index contributed by atoms with van der Waals surface area (Å²) in [4.78, 5) is 27.4.